The van der Waals surface area contributed by atoms with Gasteiger partial charge in [0.2, 0.25) is 11.8 Å². The average Bonchev–Trinajstić information content (AvgIpc) is 3.14. The number of nitrogens with one attached hydrogen (secondary N) is 1. The van der Waals surface area contributed by atoms with Crippen LogP contribution in [0.1, 0.15) is 6.42 Å². The van der Waals surface area contributed by atoms with Gasteiger partial charge in [0.25, 0.3) is 0 Å². The number of benzene rings is 3. The maximum atomic E-state index is 12.7. The summed E-state index contributed by atoms with van der Waals surface area (Å²) >= 11 is 12.2. The Balaban J connectivity index is 1.39. The van der Waals surface area contributed by atoms with E-state index in [-0.39, 0.29) is 24.8 Å². The molecule has 0 saturated carbocycles. The van der Waals surface area contributed by atoms with Crippen LogP contribution < -0.4 is 15.0 Å². The first kappa shape index (κ1) is 20.3. The predicted octanol–water partition coefficient (Wildman–Crippen LogP) is 5.78. The number of hydrogen-bond donors (Lipinski definition) is 1. The molecule has 7 heteroatoms. The van der Waals surface area contributed by atoms with E-state index in [1.165, 1.54) is 4.90 Å². The number of anilines is 2. The SMILES string of the molecule is O=C(Nc1ccc(Oc2ccccc2)cc1)[C@H]1CC(=O)N(c2cc(Cl)ccc2Cl)C1. The number of halogens is 2. The first-order chi connectivity index (χ1) is 14.5. The first-order valence-corrected chi connectivity index (χ1v) is 10.1. The van der Waals surface area contributed by atoms with Crippen LogP contribution in [0, 0.1) is 5.92 Å². The number of para-hydroxylation sites is 1. The molecule has 30 heavy (non-hydrogen) atoms. The highest BCUT2D eigenvalue weighted by Gasteiger charge is 2.36. The third kappa shape index (κ3) is 4.58. The van der Waals surface area contributed by atoms with Crippen LogP contribution in [-0.4, -0.2) is 18.4 Å². The molecule has 0 unspecified atom stereocenters. The molecule has 1 heterocycles. The van der Waals surface area contributed by atoms with E-state index in [9.17, 15) is 9.59 Å². The van der Waals surface area contributed by atoms with Crippen LogP contribution in [0.15, 0.2) is 72.8 Å². The van der Waals surface area contributed by atoms with Gasteiger partial charge < -0.3 is 15.0 Å². The average molecular weight is 441 g/mol. The molecule has 1 N–H and O–H groups in total. The fourth-order valence-electron chi connectivity index (χ4n) is 3.28. The number of hydrogen-bond acceptors (Lipinski definition) is 3. The van der Waals surface area contributed by atoms with E-state index in [2.05, 4.69) is 5.32 Å². The molecule has 5 nitrogen and oxygen atoms in total. The number of carbonyl (C=O) groups excluding carboxylic acids is 2. The Morgan fingerprint density at radius 1 is 0.967 bits per heavy atom. The molecule has 0 aromatic heterocycles. The summed E-state index contributed by atoms with van der Waals surface area (Å²) in [5.41, 5.74) is 1.15. The predicted molar refractivity (Wildman–Crippen MR) is 119 cm³/mol. The monoisotopic (exact) mass is 440 g/mol. The third-order valence-corrected chi connectivity index (χ3v) is 5.35. The third-order valence-electron chi connectivity index (χ3n) is 4.80. The topological polar surface area (TPSA) is 58.6 Å². The largest absolute Gasteiger partial charge is 0.457 e. The lowest BCUT2D eigenvalue weighted by molar-refractivity contribution is -0.122. The number of nitrogens with zero attached hydrogens (tertiary/aromatic N) is 1. The summed E-state index contributed by atoms with van der Waals surface area (Å²) in [6.07, 6.45) is 0.115. The maximum absolute atomic E-state index is 12.7. The van der Waals surface area contributed by atoms with Crippen LogP contribution in [0.25, 0.3) is 0 Å². The number of amides is 2. The molecule has 0 radical (unpaired) electrons. The van der Waals surface area contributed by atoms with Crippen LogP contribution in [0.4, 0.5) is 11.4 Å². The quantitative estimate of drug-likeness (QED) is 0.546. The fraction of sp³-hybridized carbons (Fsp3) is 0.130. The summed E-state index contributed by atoms with van der Waals surface area (Å²) in [7, 11) is 0. The second-order valence-electron chi connectivity index (χ2n) is 6.93. The molecule has 0 aliphatic carbocycles. The van der Waals surface area contributed by atoms with Crippen LogP contribution in [0.2, 0.25) is 10.0 Å². The zero-order chi connectivity index (χ0) is 21.1. The van der Waals surface area contributed by atoms with E-state index in [0.29, 0.717) is 27.2 Å². The van der Waals surface area contributed by atoms with Gasteiger partial charge in [-0.1, -0.05) is 41.4 Å². The Kier molecular flexibility index (Phi) is 5.93. The molecule has 0 bridgehead atoms. The molecular weight excluding hydrogens is 423 g/mol. The number of carbonyl (C=O) groups is 2. The molecule has 0 spiro atoms. The summed E-state index contributed by atoms with van der Waals surface area (Å²) in [4.78, 5) is 26.6. The molecule has 152 valence electrons. The van der Waals surface area contributed by atoms with Crippen LogP contribution in [0.5, 0.6) is 11.5 Å². The van der Waals surface area contributed by atoms with E-state index >= 15 is 0 Å². The summed E-state index contributed by atoms with van der Waals surface area (Å²) in [5.74, 6) is 0.537. The Hall–Kier alpha value is -3.02. The molecule has 1 aliphatic heterocycles. The van der Waals surface area contributed by atoms with E-state index in [0.717, 1.165) is 5.75 Å². The molecule has 3 aromatic rings. The molecule has 2 amide bonds. The molecular formula is C23H18Cl2N2O3. The van der Waals surface area contributed by atoms with Crippen LogP contribution in [0.3, 0.4) is 0 Å². The highest BCUT2D eigenvalue weighted by Crippen LogP contribution is 2.34. The summed E-state index contributed by atoms with van der Waals surface area (Å²) in [6.45, 7) is 0.250. The van der Waals surface area contributed by atoms with E-state index < -0.39 is 5.92 Å². The summed E-state index contributed by atoms with van der Waals surface area (Å²) in [5, 5.41) is 3.76. The van der Waals surface area contributed by atoms with Gasteiger partial charge in [-0.3, -0.25) is 9.59 Å². The second kappa shape index (κ2) is 8.78. The van der Waals surface area contributed by atoms with E-state index in [4.69, 9.17) is 27.9 Å². The van der Waals surface area contributed by atoms with Crippen molar-refractivity contribution in [2.24, 2.45) is 5.92 Å². The van der Waals surface area contributed by atoms with Gasteiger partial charge in [-0.05, 0) is 54.6 Å². The zero-order valence-corrected chi connectivity index (χ0v) is 17.4. The lowest BCUT2D eigenvalue weighted by Crippen LogP contribution is -2.28. The van der Waals surface area contributed by atoms with Gasteiger partial charge in [0.1, 0.15) is 11.5 Å². The molecule has 1 fully saturated rings. The van der Waals surface area contributed by atoms with Crippen molar-refractivity contribution in [3.8, 4) is 11.5 Å². The van der Waals surface area contributed by atoms with Gasteiger partial charge in [0, 0.05) is 23.7 Å². The standard InChI is InChI=1S/C23H18Cl2N2O3/c24-16-6-11-20(25)21(13-16)27-14-15(12-22(27)28)23(29)26-17-7-9-19(10-8-17)30-18-4-2-1-3-5-18/h1-11,13,15H,12,14H2,(H,26,29)/t15-/m0/s1. The van der Waals surface area contributed by atoms with Gasteiger partial charge in [0.05, 0.1) is 16.6 Å². The van der Waals surface area contributed by atoms with Crippen molar-refractivity contribution < 1.29 is 14.3 Å². The lowest BCUT2D eigenvalue weighted by Gasteiger charge is -2.18. The zero-order valence-electron chi connectivity index (χ0n) is 15.8. The van der Waals surface area contributed by atoms with E-state index in [1.54, 1.807) is 42.5 Å². The van der Waals surface area contributed by atoms with Gasteiger partial charge >= 0.3 is 0 Å². The minimum absolute atomic E-state index is 0.115. The minimum Gasteiger partial charge on any atom is -0.457 e. The normalized spacial score (nSPS) is 15.9. The number of rotatable bonds is 5. The van der Waals surface area contributed by atoms with Gasteiger partial charge in [-0.25, -0.2) is 0 Å². The second-order valence-corrected chi connectivity index (χ2v) is 7.77. The first-order valence-electron chi connectivity index (χ1n) is 9.39. The molecule has 4 rings (SSSR count). The highest BCUT2D eigenvalue weighted by atomic mass is 35.5. The Morgan fingerprint density at radius 3 is 2.40 bits per heavy atom. The Bertz CT molecular complexity index is 1070. The Morgan fingerprint density at radius 2 is 1.67 bits per heavy atom. The molecule has 3 aromatic carbocycles. The smallest absolute Gasteiger partial charge is 0.229 e. The molecule has 1 saturated heterocycles. The molecule has 1 atom stereocenters. The van der Waals surface area contributed by atoms with Crippen molar-refractivity contribution >= 4 is 46.4 Å². The van der Waals surface area contributed by atoms with Crippen molar-refractivity contribution in [1.82, 2.24) is 0 Å². The highest BCUT2D eigenvalue weighted by molar-refractivity contribution is 6.36. The summed E-state index contributed by atoms with van der Waals surface area (Å²) < 4.78 is 5.75. The molecule has 1 aliphatic rings. The fourth-order valence-corrected chi connectivity index (χ4v) is 3.67. The minimum atomic E-state index is -0.479. The maximum Gasteiger partial charge on any atom is 0.229 e. The Labute approximate surface area is 184 Å². The summed E-state index contributed by atoms with van der Waals surface area (Å²) in [6, 6.07) is 21.4. The van der Waals surface area contributed by atoms with E-state index in [1.807, 2.05) is 30.3 Å². The van der Waals surface area contributed by atoms with Gasteiger partial charge in [-0.2, -0.15) is 0 Å². The lowest BCUT2D eigenvalue weighted by atomic mass is 10.1. The van der Waals surface area contributed by atoms with Crippen molar-refractivity contribution in [2.45, 2.75) is 6.42 Å². The van der Waals surface area contributed by atoms with Crippen molar-refractivity contribution in [1.29, 1.82) is 0 Å². The van der Waals surface area contributed by atoms with Crippen LogP contribution >= 0.6 is 23.2 Å². The van der Waals surface area contributed by atoms with Crippen molar-refractivity contribution in [3.63, 3.8) is 0 Å². The van der Waals surface area contributed by atoms with Crippen molar-refractivity contribution in [3.05, 3.63) is 82.8 Å². The van der Waals surface area contributed by atoms with Gasteiger partial charge in [-0.15, -0.1) is 0 Å². The van der Waals surface area contributed by atoms with Crippen molar-refractivity contribution in [2.75, 3.05) is 16.8 Å². The number of ether oxygens (including phenoxy) is 1. The van der Waals surface area contributed by atoms with Crippen LogP contribution in [-0.2, 0) is 9.59 Å². The van der Waals surface area contributed by atoms with Gasteiger partial charge in [0.15, 0.2) is 0 Å².